The van der Waals surface area contributed by atoms with E-state index in [9.17, 15) is 18.0 Å². The van der Waals surface area contributed by atoms with Crippen LogP contribution in [0.1, 0.15) is 43.4 Å². The fourth-order valence-electron chi connectivity index (χ4n) is 4.20. The molecule has 3 aromatic carbocycles. The van der Waals surface area contributed by atoms with Crippen molar-refractivity contribution in [2.45, 2.75) is 58.0 Å². The van der Waals surface area contributed by atoms with Crippen molar-refractivity contribution in [1.82, 2.24) is 10.2 Å². The molecule has 0 bridgehead atoms. The molecule has 0 aliphatic rings. The summed E-state index contributed by atoms with van der Waals surface area (Å²) in [5.41, 5.74) is 3.16. The van der Waals surface area contributed by atoms with Gasteiger partial charge in [-0.05, 0) is 74.7 Å². The molecule has 3 rings (SSSR count). The Morgan fingerprint density at radius 1 is 0.950 bits per heavy atom. The molecule has 1 atom stereocenters. The van der Waals surface area contributed by atoms with Gasteiger partial charge in [-0.3, -0.25) is 13.9 Å². The summed E-state index contributed by atoms with van der Waals surface area (Å²) in [6.45, 7) is 7.75. The molecule has 0 aromatic heterocycles. The third-order valence-electron chi connectivity index (χ3n) is 6.85. The van der Waals surface area contributed by atoms with Gasteiger partial charge in [0.15, 0.2) is 0 Å². The van der Waals surface area contributed by atoms with Crippen molar-refractivity contribution in [3.05, 3.63) is 89.5 Å². The molecule has 9 heteroatoms. The lowest BCUT2D eigenvalue weighted by Crippen LogP contribution is -2.51. The first-order valence-electron chi connectivity index (χ1n) is 13.4. The van der Waals surface area contributed by atoms with Crippen LogP contribution >= 0.6 is 0 Å². The van der Waals surface area contributed by atoms with Crippen molar-refractivity contribution >= 4 is 27.5 Å². The van der Waals surface area contributed by atoms with Crippen LogP contribution in [-0.4, -0.2) is 51.4 Å². The Kier molecular flexibility index (Phi) is 10.7. The van der Waals surface area contributed by atoms with Crippen LogP contribution in [0.3, 0.4) is 0 Å². The first kappa shape index (κ1) is 30.7. The van der Waals surface area contributed by atoms with Crippen LogP contribution in [0.5, 0.6) is 5.75 Å². The molecule has 0 heterocycles. The molecule has 1 N–H and O–H groups in total. The van der Waals surface area contributed by atoms with Gasteiger partial charge in [0.05, 0.1) is 17.7 Å². The first-order valence-corrected chi connectivity index (χ1v) is 14.9. The maximum Gasteiger partial charge on any atom is 0.264 e. The maximum atomic E-state index is 14.0. The number of ether oxygens (including phenoxy) is 1. The van der Waals surface area contributed by atoms with Gasteiger partial charge in [0, 0.05) is 13.1 Å². The average Bonchev–Trinajstić information content (AvgIpc) is 2.95. The van der Waals surface area contributed by atoms with Gasteiger partial charge in [0.25, 0.3) is 10.0 Å². The highest BCUT2D eigenvalue weighted by molar-refractivity contribution is 7.92. The van der Waals surface area contributed by atoms with Crippen LogP contribution in [-0.2, 0) is 26.2 Å². The van der Waals surface area contributed by atoms with Crippen LogP contribution in [0.2, 0.25) is 0 Å². The Morgan fingerprint density at radius 3 is 2.20 bits per heavy atom. The molecule has 0 aliphatic carbocycles. The summed E-state index contributed by atoms with van der Waals surface area (Å²) in [5, 5.41) is 2.90. The normalized spacial score (nSPS) is 11.9. The number of nitrogens with one attached hydrogen (secondary N) is 1. The lowest BCUT2D eigenvalue weighted by Gasteiger charge is -2.32. The van der Waals surface area contributed by atoms with Gasteiger partial charge in [-0.25, -0.2) is 8.42 Å². The van der Waals surface area contributed by atoms with Gasteiger partial charge in [-0.2, -0.15) is 0 Å². The summed E-state index contributed by atoms with van der Waals surface area (Å²) in [6, 6.07) is 19.8. The number of hydrogen-bond acceptors (Lipinski definition) is 5. The summed E-state index contributed by atoms with van der Waals surface area (Å²) in [6.07, 6.45) is 1.75. The Hall–Kier alpha value is -3.85. The number of benzene rings is 3. The van der Waals surface area contributed by atoms with E-state index < -0.39 is 28.5 Å². The highest BCUT2D eigenvalue weighted by Gasteiger charge is 2.32. The second-order valence-electron chi connectivity index (χ2n) is 9.79. The standard InChI is InChI=1S/C31H39N3O5S/c1-6-7-20-32-31(36)25(4)33(21-26-11-9-8-10-24(26)3)30(35)22-34(27-14-12-23(2)13-15-27)40(37,38)29-18-16-28(39-5)17-19-29/h8-19,25H,6-7,20-22H2,1-5H3,(H,32,36). The topological polar surface area (TPSA) is 96.0 Å². The van der Waals surface area contributed by atoms with Gasteiger partial charge in [0.1, 0.15) is 18.3 Å². The zero-order valence-corrected chi connectivity index (χ0v) is 24.7. The van der Waals surface area contributed by atoms with Crippen LogP contribution < -0.4 is 14.4 Å². The van der Waals surface area contributed by atoms with Crippen molar-refractivity contribution in [3.8, 4) is 5.75 Å². The number of aryl methyl sites for hydroxylation is 2. The highest BCUT2D eigenvalue weighted by atomic mass is 32.2. The van der Waals surface area contributed by atoms with Crippen LogP contribution in [0, 0.1) is 13.8 Å². The molecule has 0 fully saturated rings. The summed E-state index contributed by atoms with van der Waals surface area (Å²) < 4.78 is 34.1. The van der Waals surface area contributed by atoms with Crippen molar-refractivity contribution in [2.24, 2.45) is 0 Å². The molecule has 0 spiro atoms. The van der Waals surface area contributed by atoms with E-state index in [1.165, 1.54) is 24.1 Å². The predicted octanol–water partition coefficient (Wildman–Crippen LogP) is 4.84. The van der Waals surface area contributed by atoms with Crippen LogP contribution in [0.4, 0.5) is 5.69 Å². The summed E-state index contributed by atoms with van der Waals surface area (Å²) in [4.78, 5) is 28.5. The van der Waals surface area contributed by atoms with E-state index in [-0.39, 0.29) is 17.3 Å². The number of unbranched alkanes of at least 4 members (excludes halogenated alkanes) is 1. The van der Waals surface area contributed by atoms with Gasteiger partial charge < -0.3 is 15.0 Å². The van der Waals surface area contributed by atoms with E-state index in [0.29, 0.717) is 18.0 Å². The lowest BCUT2D eigenvalue weighted by atomic mass is 10.1. The molecule has 3 aromatic rings. The number of sulfonamides is 1. The Labute approximate surface area is 238 Å². The average molecular weight is 566 g/mol. The molecule has 0 radical (unpaired) electrons. The smallest absolute Gasteiger partial charge is 0.264 e. The second kappa shape index (κ2) is 14.0. The molecule has 0 aliphatic heterocycles. The third-order valence-corrected chi connectivity index (χ3v) is 8.64. The van der Waals surface area contributed by atoms with E-state index in [1.54, 1.807) is 43.3 Å². The number of rotatable bonds is 13. The second-order valence-corrected chi connectivity index (χ2v) is 11.7. The van der Waals surface area contributed by atoms with Crippen molar-refractivity contribution in [2.75, 3.05) is 24.5 Å². The van der Waals surface area contributed by atoms with Gasteiger partial charge in [0.2, 0.25) is 11.8 Å². The predicted molar refractivity (Wildman–Crippen MR) is 158 cm³/mol. The molecule has 0 saturated heterocycles. The number of carbonyl (C=O) groups is 2. The van der Waals surface area contributed by atoms with E-state index in [1.807, 2.05) is 45.0 Å². The molecule has 214 valence electrons. The Morgan fingerprint density at radius 2 is 1.60 bits per heavy atom. The van der Waals surface area contributed by atoms with E-state index in [2.05, 4.69) is 5.32 Å². The Balaban J connectivity index is 2.00. The SMILES string of the molecule is CCCCNC(=O)C(C)N(Cc1ccccc1C)C(=O)CN(c1ccc(C)cc1)S(=O)(=O)c1ccc(OC)cc1. The van der Waals surface area contributed by atoms with E-state index >= 15 is 0 Å². The summed E-state index contributed by atoms with van der Waals surface area (Å²) in [7, 11) is -2.63. The number of amides is 2. The molecular weight excluding hydrogens is 526 g/mol. The maximum absolute atomic E-state index is 14.0. The molecular formula is C31H39N3O5S. The number of carbonyl (C=O) groups excluding carboxylic acids is 2. The number of methoxy groups -OCH3 is 1. The zero-order chi connectivity index (χ0) is 29.3. The lowest BCUT2D eigenvalue weighted by molar-refractivity contribution is -0.139. The number of nitrogens with zero attached hydrogens (tertiary/aromatic N) is 2. The Bertz CT molecular complexity index is 1390. The summed E-state index contributed by atoms with van der Waals surface area (Å²) in [5.74, 6) is -0.251. The van der Waals surface area contributed by atoms with E-state index in [4.69, 9.17) is 4.74 Å². The number of anilines is 1. The van der Waals surface area contributed by atoms with E-state index in [0.717, 1.165) is 33.8 Å². The van der Waals surface area contributed by atoms with Gasteiger partial charge in [-0.1, -0.05) is 55.3 Å². The van der Waals surface area contributed by atoms with Gasteiger partial charge in [-0.15, -0.1) is 0 Å². The van der Waals surface area contributed by atoms with Crippen molar-refractivity contribution in [3.63, 3.8) is 0 Å². The van der Waals surface area contributed by atoms with Crippen molar-refractivity contribution < 1.29 is 22.7 Å². The fourth-order valence-corrected chi connectivity index (χ4v) is 5.62. The minimum absolute atomic E-state index is 0.0254. The number of hydrogen-bond donors (Lipinski definition) is 1. The van der Waals surface area contributed by atoms with Crippen LogP contribution in [0.25, 0.3) is 0 Å². The monoisotopic (exact) mass is 565 g/mol. The van der Waals surface area contributed by atoms with Gasteiger partial charge >= 0.3 is 0 Å². The minimum atomic E-state index is -4.14. The third kappa shape index (κ3) is 7.63. The first-order chi connectivity index (χ1) is 19.1. The van der Waals surface area contributed by atoms with Crippen LogP contribution in [0.15, 0.2) is 77.7 Å². The zero-order valence-electron chi connectivity index (χ0n) is 23.9. The molecule has 2 amide bonds. The molecule has 1 unspecified atom stereocenters. The molecule has 0 saturated carbocycles. The fraction of sp³-hybridized carbons (Fsp3) is 0.355. The molecule has 8 nitrogen and oxygen atoms in total. The quantitative estimate of drug-likeness (QED) is 0.299. The highest BCUT2D eigenvalue weighted by Crippen LogP contribution is 2.26. The van der Waals surface area contributed by atoms with Crippen molar-refractivity contribution in [1.29, 1.82) is 0 Å². The summed E-state index contributed by atoms with van der Waals surface area (Å²) >= 11 is 0. The largest absolute Gasteiger partial charge is 0.497 e. The molecule has 40 heavy (non-hydrogen) atoms. The minimum Gasteiger partial charge on any atom is -0.497 e.